The number of ether oxygens (including phenoxy) is 1. The van der Waals surface area contributed by atoms with Gasteiger partial charge < -0.3 is 23.7 Å². The van der Waals surface area contributed by atoms with Crippen molar-refractivity contribution in [2.75, 3.05) is 26.7 Å². The second kappa shape index (κ2) is 14.3. The highest BCUT2D eigenvalue weighted by Gasteiger charge is 2.50. The van der Waals surface area contributed by atoms with Crippen molar-refractivity contribution in [3.63, 3.8) is 0 Å². The third-order valence-corrected chi connectivity index (χ3v) is 12.5. The van der Waals surface area contributed by atoms with Gasteiger partial charge in [-0.2, -0.15) is 0 Å². The fraction of sp³-hybridized carbons (Fsp3) is 0.471. The molecule has 228 valence electrons. The summed E-state index contributed by atoms with van der Waals surface area (Å²) < 4.78 is 18.5. The Kier molecular flexibility index (Phi) is 11.3. The largest absolute Gasteiger partial charge is 0.468 e. The lowest BCUT2D eigenvalue weighted by Gasteiger charge is -2.44. The van der Waals surface area contributed by atoms with Crippen LogP contribution < -0.4 is 15.7 Å². The number of hydrogen-bond acceptors (Lipinski definition) is 6. The molecule has 0 saturated carbocycles. The molecule has 1 amide bonds. The third kappa shape index (κ3) is 8.43. The first-order valence-corrected chi connectivity index (χ1v) is 16.6. The second-order valence-corrected chi connectivity index (χ2v) is 17.4. The van der Waals surface area contributed by atoms with Crippen LogP contribution in [0.15, 0.2) is 83.5 Å². The zero-order valence-corrected chi connectivity index (χ0v) is 27.4. The average molecular weight is 593 g/mol. The van der Waals surface area contributed by atoms with E-state index in [9.17, 15) is 9.59 Å². The number of alkyl carbamates (subject to hydrolysis) is 1. The van der Waals surface area contributed by atoms with Crippen LogP contribution >= 0.6 is 0 Å². The first-order valence-electron chi connectivity index (χ1n) is 14.7. The lowest BCUT2D eigenvalue weighted by molar-refractivity contribution is -0.111. The minimum absolute atomic E-state index is 0.0221. The SMILES string of the molecule is C[C@H](CO[Si](c1ccccc1)(c1ccccc1)C(C)(C)C)[C@@H](c1ccco1)N(C)C[C@H](C=O)CNC(=O)OC(C)(C)C. The highest BCUT2D eigenvalue weighted by atomic mass is 28.4. The van der Waals surface area contributed by atoms with Crippen molar-refractivity contribution in [2.45, 2.75) is 65.1 Å². The van der Waals surface area contributed by atoms with Gasteiger partial charge in [-0.15, -0.1) is 0 Å². The molecule has 3 rings (SSSR count). The second-order valence-electron chi connectivity index (χ2n) is 13.1. The first-order chi connectivity index (χ1) is 19.8. The van der Waals surface area contributed by atoms with E-state index in [4.69, 9.17) is 13.6 Å². The number of hydrogen-bond donors (Lipinski definition) is 1. The van der Waals surface area contributed by atoms with Crippen LogP contribution in [0.3, 0.4) is 0 Å². The number of aldehydes is 1. The van der Waals surface area contributed by atoms with Crippen LogP contribution in [-0.4, -0.2) is 57.9 Å². The minimum Gasteiger partial charge on any atom is -0.468 e. The van der Waals surface area contributed by atoms with Crippen molar-refractivity contribution in [2.24, 2.45) is 11.8 Å². The summed E-state index contributed by atoms with van der Waals surface area (Å²) >= 11 is 0. The first kappa shape index (κ1) is 33.3. The molecule has 0 fully saturated rings. The summed E-state index contributed by atoms with van der Waals surface area (Å²) in [4.78, 5) is 26.4. The molecule has 0 spiro atoms. The Balaban J connectivity index is 1.86. The molecule has 3 atom stereocenters. The van der Waals surface area contributed by atoms with E-state index in [2.05, 4.69) is 86.4 Å². The fourth-order valence-corrected chi connectivity index (χ4v) is 10.3. The molecule has 0 bridgehead atoms. The molecular weight excluding hydrogens is 544 g/mol. The van der Waals surface area contributed by atoms with Crippen molar-refractivity contribution >= 4 is 31.1 Å². The van der Waals surface area contributed by atoms with E-state index in [-0.39, 0.29) is 23.5 Å². The van der Waals surface area contributed by atoms with Crippen molar-refractivity contribution in [3.05, 3.63) is 84.8 Å². The fourth-order valence-electron chi connectivity index (χ4n) is 5.67. The Morgan fingerprint density at radius 3 is 1.98 bits per heavy atom. The summed E-state index contributed by atoms with van der Waals surface area (Å²) in [7, 11) is -0.746. The molecule has 2 aromatic carbocycles. The number of nitrogens with zero attached hydrogens (tertiary/aromatic N) is 1. The van der Waals surface area contributed by atoms with Crippen LogP contribution in [0.2, 0.25) is 5.04 Å². The smallest absolute Gasteiger partial charge is 0.407 e. The molecule has 42 heavy (non-hydrogen) atoms. The van der Waals surface area contributed by atoms with Crippen molar-refractivity contribution < 1.29 is 23.2 Å². The number of nitrogens with one attached hydrogen (secondary N) is 1. The third-order valence-electron chi connectivity index (χ3n) is 7.45. The average Bonchev–Trinajstić information content (AvgIpc) is 3.45. The summed E-state index contributed by atoms with van der Waals surface area (Å²) in [5.74, 6) is 0.402. The van der Waals surface area contributed by atoms with Crippen LogP contribution in [-0.2, 0) is 14.0 Å². The molecule has 0 unspecified atom stereocenters. The molecular formula is C34H48N2O5Si. The molecule has 8 heteroatoms. The molecule has 0 saturated heterocycles. The van der Waals surface area contributed by atoms with Crippen LogP contribution in [0.25, 0.3) is 0 Å². The van der Waals surface area contributed by atoms with Gasteiger partial charge in [0.05, 0.1) is 12.3 Å². The van der Waals surface area contributed by atoms with E-state index in [0.29, 0.717) is 13.2 Å². The Labute approximate surface area is 252 Å². The number of furan rings is 1. The van der Waals surface area contributed by atoms with Crippen LogP contribution in [0.4, 0.5) is 4.79 Å². The Morgan fingerprint density at radius 2 is 1.52 bits per heavy atom. The number of carbonyl (C=O) groups excluding carboxylic acids is 2. The van der Waals surface area contributed by atoms with Gasteiger partial charge >= 0.3 is 6.09 Å². The van der Waals surface area contributed by atoms with E-state index in [1.165, 1.54) is 10.4 Å². The molecule has 0 radical (unpaired) electrons. The van der Waals surface area contributed by atoms with Gasteiger partial charge in [-0.1, -0.05) is 88.4 Å². The highest BCUT2D eigenvalue weighted by Crippen LogP contribution is 2.38. The zero-order chi connectivity index (χ0) is 31.0. The molecule has 3 aromatic rings. The molecule has 1 heterocycles. The minimum atomic E-state index is -2.73. The van der Waals surface area contributed by atoms with Crippen LogP contribution in [0.5, 0.6) is 0 Å². The molecule has 1 aromatic heterocycles. The van der Waals surface area contributed by atoms with Gasteiger partial charge in [-0.05, 0) is 55.4 Å². The summed E-state index contributed by atoms with van der Waals surface area (Å²) in [6.07, 6.45) is 2.02. The van der Waals surface area contributed by atoms with Gasteiger partial charge in [0.1, 0.15) is 17.6 Å². The molecule has 0 aliphatic carbocycles. The Hall–Kier alpha value is -3.20. The van der Waals surface area contributed by atoms with E-state index in [1.807, 2.05) is 52.1 Å². The van der Waals surface area contributed by atoms with Gasteiger partial charge in [-0.25, -0.2) is 4.79 Å². The van der Waals surface area contributed by atoms with Gasteiger partial charge in [0, 0.05) is 31.5 Å². The van der Waals surface area contributed by atoms with E-state index < -0.39 is 25.9 Å². The van der Waals surface area contributed by atoms with Crippen molar-refractivity contribution in [3.8, 4) is 0 Å². The van der Waals surface area contributed by atoms with E-state index in [1.54, 1.807) is 6.26 Å². The lowest BCUT2D eigenvalue weighted by Crippen LogP contribution is -2.67. The highest BCUT2D eigenvalue weighted by molar-refractivity contribution is 6.99. The topological polar surface area (TPSA) is 81.0 Å². The molecule has 0 aliphatic heterocycles. The molecule has 0 aliphatic rings. The number of amides is 1. The standard InChI is InChI=1S/C34H48N2O5Si/c1-26(25-40-42(34(5,6)7,28-16-11-9-12-17-28)29-18-13-10-14-19-29)31(30-20-15-21-39-30)36(8)23-27(24-37)22-35-32(38)41-33(2,3)4/h9-21,24,26-27,31H,22-23,25H2,1-8H3,(H,35,38)/t26-,27-,31+/m1/s1. The molecule has 7 nitrogen and oxygen atoms in total. The number of benzene rings is 2. The van der Waals surface area contributed by atoms with Crippen molar-refractivity contribution in [1.82, 2.24) is 10.2 Å². The van der Waals surface area contributed by atoms with Gasteiger partial charge in [0.25, 0.3) is 8.32 Å². The Morgan fingerprint density at radius 1 is 0.952 bits per heavy atom. The lowest BCUT2D eigenvalue weighted by atomic mass is 9.98. The van der Waals surface area contributed by atoms with Gasteiger partial charge in [0.15, 0.2) is 0 Å². The predicted molar refractivity (Wildman–Crippen MR) is 171 cm³/mol. The summed E-state index contributed by atoms with van der Waals surface area (Å²) in [6, 6.07) is 24.9. The Bertz CT molecular complexity index is 1200. The maximum Gasteiger partial charge on any atom is 0.407 e. The summed E-state index contributed by atoms with van der Waals surface area (Å²) in [6.45, 7) is 15.5. The zero-order valence-electron chi connectivity index (χ0n) is 26.4. The number of rotatable bonds is 13. The molecule has 1 N–H and O–H groups in total. The normalized spacial score (nSPS) is 14.7. The maximum absolute atomic E-state index is 12.2. The summed E-state index contributed by atoms with van der Waals surface area (Å²) in [5, 5.41) is 5.05. The maximum atomic E-state index is 12.2. The quantitative estimate of drug-likeness (QED) is 0.199. The summed E-state index contributed by atoms with van der Waals surface area (Å²) in [5.41, 5.74) is -0.609. The monoisotopic (exact) mass is 592 g/mol. The van der Waals surface area contributed by atoms with E-state index >= 15 is 0 Å². The predicted octanol–water partition coefficient (Wildman–Crippen LogP) is 5.81. The van der Waals surface area contributed by atoms with Gasteiger partial charge in [0.2, 0.25) is 0 Å². The van der Waals surface area contributed by atoms with Crippen molar-refractivity contribution in [1.29, 1.82) is 0 Å². The van der Waals surface area contributed by atoms with E-state index in [0.717, 1.165) is 12.0 Å². The van der Waals surface area contributed by atoms with Crippen LogP contribution in [0, 0.1) is 11.8 Å². The van der Waals surface area contributed by atoms with Gasteiger partial charge in [-0.3, -0.25) is 4.90 Å². The van der Waals surface area contributed by atoms with Crippen LogP contribution in [0.1, 0.15) is 60.3 Å². The number of carbonyl (C=O) groups is 2.